The summed E-state index contributed by atoms with van der Waals surface area (Å²) < 4.78 is 39.5. The van der Waals surface area contributed by atoms with Crippen molar-refractivity contribution in [1.82, 2.24) is 5.32 Å². The summed E-state index contributed by atoms with van der Waals surface area (Å²) in [6.07, 6.45) is 0. The number of amides is 2. The van der Waals surface area contributed by atoms with Crippen LogP contribution in [0, 0.1) is 17.5 Å². The number of hydrogen-bond acceptors (Lipinski definition) is 3. The van der Waals surface area contributed by atoms with Gasteiger partial charge in [-0.1, -0.05) is 11.6 Å². The summed E-state index contributed by atoms with van der Waals surface area (Å²) in [7, 11) is 0. The van der Waals surface area contributed by atoms with Gasteiger partial charge in [-0.2, -0.15) is 0 Å². The van der Waals surface area contributed by atoms with E-state index >= 15 is 0 Å². The Balaban J connectivity index is 1.94. The van der Waals surface area contributed by atoms with E-state index in [1.165, 1.54) is 12.1 Å². The molecule has 0 aliphatic carbocycles. The first-order valence-corrected chi connectivity index (χ1v) is 7.05. The van der Waals surface area contributed by atoms with Gasteiger partial charge in [0.05, 0.1) is 21.4 Å². The second-order valence-electron chi connectivity index (χ2n) is 4.06. The molecule has 0 unspecified atom stereocenters. The molecule has 0 spiro atoms. The molecule has 2 aromatic rings. The Kier molecular flexibility index (Phi) is 5.04. The zero-order chi connectivity index (χ0) is 16.3. The van der Waals surface area contributed by atoms with E-state index in [-0.39, 0.29) is 0 Å². The van der Waals surface area contributed by atoms with Gasteiger partial charge in [-0.05, 0) is 24.3 Å². The summed E-state index contributed by atoms with van der Waals surface area (Å²) in [5.41, 5.74) is -0.516. The lowest BCUT2D eigenvalue weighted by Gasteiger charge is -2.08. The fourth-order valence-electron chi connectivity index (χ4n) is 1.50. The fourth-order valence-corrected chi connectivity index (χ4v) is 2.46. The second-order valence-corrected chi connectivity index (χ2v) is 5.77. The molecule has 0 atom stereocenters. The third-order valence-corrected chi connectivity index (χ3v) is 3.75. The first-order valence-electron chi connectivity index (χ1n) is 5.85. The zero-order valence-corrected chi connectivity index (χ0v) is 12.3. The molecule has 2 amide bonds. The number of halogens is 4. The minimum atomic E-state index is -1.69. The molecule has 0 fully saturated rings. The summed E-state index contributed by atoms with van der Waals surface area (Å²) >= 11 is 6.70. The molecular formula is C13H8ClF3N2O2S. The highest BCUT2D eigenvalue weighted by molar-refractivity contribution is 7.18. The van der Waals surface area contributed by atoms with E-state index in [0.717, 1.165) is 17.4 Å². The minimum absolute atomic E-state index is 0.303. The van der Waals surface area contributed by atoms with E-state index in [4.69, 9.17) is 11.6 Å². The molecule has 2 N–H and O–H groups in total. The van der Waals surface area contributed by atoms with Gasteiger partial charge in [0.15, 0.2) is 17.5 Å². The molecule has 0 aliphatic heterocycles. The van der Waals surface area contributed by atoms with Crippen LogP contribution in [0.1, 0.15) is 9.67 Å². The predicted molar refractivity (Wildman–Crippen MR) is 76.6 cm³/mol. The second kappa shape index (κ2) is 6.80. The molecule has 1 heterocycles. The number of benzene rings is 1. The van der Waals surface area contributed by atoms with Gasteiger partial charge in [0, 0.05) is 0 Å². The van der Waals surface area contributed by atoms with E-state index < -0.39 is 41.5 Å². The van der Waals surface area contributed by atoms with Gasteiger partial charge in [-0.3, -0.25) is 9.59 Å². The summed E-state index contributed by atoms with van der Waals surface area (Å²) in [5.74, 6) is -5.88. The molecule has 9 heteroatoms. The van der Waals surface area contributed by atoms with Crippen molar-refractivity contribution in [1.29, 1.82) is 0 Å². The number of carbonyl (C=O) groups excluding carboxylic acids is 2. The Labute approximate surface area is 131 Å². The number of hydrogen-bond donors (Lipinski definition) is 2. The van der Waals surface area contributed by atoms with Crippen LogP contribution in [-0.4, -0.2) is 18.4 Å². The maximum Gasteiger partial charge on any atom is 0.261 e. The van der Waals surface area contributed by atoms with Gasteiger partial charge in [-0.25, -0.2) is 13.2 Å². The van der Waals surface area contributed by atoms with Crippen molar-refractivity contribution in [2.75, 3.05) is 11.9 Å². The normalized spacial score (nSPS) is 10.4. The van der Waals surface area contributed by atoms with Crippen molar-refractivity contribution in [2.24, 2.45) is 0 Å². The molecule has 22 heavy (non-hydrogen) atoms. The highest BCUT2D eigenvalue weighted by Crippen LogP contribution is 2.21. The third-order valence-electron chi connectivity index (χ3n) is 2.52. The predicted octanol–water partition coefficient (Wildman–Crippen LogP) is 3.19. The molecule has 0 saturated carbocycles. The van der Waals surface area contributed by atoms with Crippen LogP contribution in [0.2, 0.25) is 4.34 Å². The van der Waals surface area contributed by atoms with Crippen LogP contribution < -0.4 is 10.6 Å². The zero-order valence-electron chi connectivity index (χ0n) is 10.8. The highest BCUT2D eigenvalue weighted by Gasteiger charge is 2.16. The number of rotatable bonds is 4. The number of anilines is 1. The SMILES string of the molecule is O=C(CNC(=O)c1ccc(Cl)s1)Nc1ccc(F)c(F)c1F. The maximum atomic E-state index is 13.4. The molecule has 116 valence electrons. The van der Waals surface area contributed by atoms with Crippen LogP contribution in [0.25, 0.3) is 0 Å². The Morgan fingerprint density at radius 2 is 1.82 bits per heavy atom. The number of thiophene rings is 1. The van der Waals surface area contributed by atoms with Gasteiger partial charge in [0.2, 0.25) is 5.91 Å². The van der Waals surface area contributed by atoms with Crippen molar-refractivity contribution in [2.45, 2.75) is 0 Å². The Hall–Kier alpha value is -2.06. The largest absolute Gasteiger partial charge is 0.342 e. The lowest BCUT2D eigenvalue weighted by molar-refractivity contribution is -0.115. The molecule has 0 bridgehead atoms. The number of carbonyl (C=O) groups is 2. The quantitative estimate of drug-likeness (QED) is 0.834. The van der Waals surface area contributed by atoms with Gasteiger partial charge >= 0.3 is 0 Å². The first kappa shape index (κ1) is 16.3. The van der Waals surface area contributed by atoms with Gasteiger partial charge in [0.25, 0.3) is 5.91 Å². The van der Waals surface area contributed by atoms with Gasteiger partial charge in [-0.15, -0.1) is 11.3 Å². The third kappa shape index (κ3) is 3.77. The molecule has 0 saturated heterocycles. The molecular weight excluding hydrogens is 341 g/mol. The van der Waals surface area contributed by atoms with E-state index in [1.54, 1.807) is 0 Å². The average Bonchev–Trinajstić information content (AvgIpc) is 2.92. The topological polar surface area (TPSA) is 58.2 Å². The van der Waals surface area contributed by atoms with Gasteiger partial charge < -0.3 is 10.6 Å². The van der Waals surface area contributed by atoms with Crippen molar-refractivity contribution in [3.05, 3.63) is 50.9 Å². The van der Waals surface area contributed by atoms with Crippen molar-refractivity contribution in [3.8, 4) is 0 Å². The molecule has 0 aliphatic rings. The van der Waals surface area contributed by atoms with Crippen LogP contribution in [0.15, 0.2) is 24.3 Å². The van der Waals surface area contributed by atoms with Crippen molar-refractivity contribution >= 4 is 40.4 Å². The monoisotopic (exact) mass is 348 g/mol. The van der Waals surface area contributed by atoms with E-state index in [1.807, 2.05) is 5.32 Å². The number of nitrogens with one attached hydrogen (secondary N) is 2. The average molecular weight is 349 g/mol. The highest BCUT2D eigenvalue weighted by atomic mass is 35.5. The standard InChI is InChI=1S/C13H8ClF3N2O2S/c14-9-4-3-8(22-9)13(21)18-5-10(20)19-7-2-1-6(15)11(16)12(7)17/h1-4H,5H2,(H,18,21)(H,19,20). The van der Waals surface area contributed by atoms with Crippen LogP contribution in [0.4, 0.5) is 18.9 Å². The summed E-state index contributed by atoms with van der Waals surface area (Å²) in [6.45, 7) is -0.465. The molecule has 0 radical (unpaired) electrons. The molecule has 2 rings (SSSR count). The smallest absolute Gasteiger partial charge is 0.261 e. The Bertz CT molecular complexity index is 736. The molecule has 1 aromatic carbocycles. The lowest BCUT2D eigenvalue weighted by Crippen LogP contribution is -2.32. The van der Waals surface area contributed by atoms with Crippen LogP contribution >= 0.6 is 22.9 Å². The molecule has 4 nitrogen and oxygen atoms in total. The molecule has 1 aromatic heterocycles. The Morgan fingerprint density at radius 1 is 1.09 bits per heavy atom. The summed E-state index contributed by atoms with van der Waals surface area (Å²) in [6, 6.07) is 4.57. The van der Waals surface area contributed by atoms with Crippen molar-refractivity contribution < 1.29 is 22.8 Å². The van der Waals surface area contributed by atoms with E-state index in [2.05, 4.69) is 5.32 Å². The minimum Gasteiger partial charge on any atom is -0.342 e. The van der Waals surface area contributed by atoms with Crippen molar-refractivity contribution in [3.63, 3.8) is 0 Å². The van der Waals surface area contributed by atoms with Crippen LogP contribution in [0.5, 0.6) is 0 Å². The Morgan fingerprint density at radius 3 is 2.45 bits per heavy atom. The van der Waals surface area contributed by atoms with Crippen LogP contribution in [-0.2, 0) is 4.79 Å². The first-order chi connectivity index (χ1) is 10.4. The maximum absolute atomic E-state index is 13.4. The summed E-state index contributed by atoms with van der Waals surface area (Å²) in [4.78, 5) is 23.5. The van der Waals surface area contributed by atoms with Crippen LogP contribution in [0.3, 0.4) is 0 Å². The summed E-state index contributed by atoms with van der Waals surface area (Å²) in [5, 5.41) is 4.32. The lowest BCUT2D eigenvalue weighted by atomic mass is 10.2. The van der Waals surface area contributed by atoms with E-state index in [0.29, 0.717) is 15.3 Å². The fraction of sp³-hybridized carbons (Fsp3) is 0.0769. The van der Waals surface area contributed by atoms with E-state index in [9.17, 15) is 22.8 Å². The van der Waals surface area contributed by atoms with Gasteiger partial charge in [0.1, 0.15) is 0 Å².